The topological polar surface area (TPSA) is 38.7 Å². The van der Waals surface area contributed by atoms with Crippen molar-refractivity contribution in [2.45, 2.75) is 97.6 Å². The van der Waals surface area contributed by atoms with Gasteiger partial charge in [-0.15, -0.1) is 0 Å². The molecule has 1 aromatic carbocycles. The lowest BCUT2D eigenvalue weighted by atomic mass is 9.94. The maximum atomic E-state index is 10.2. The van der Waals surface area contributed by atoms with Gasteiger partial charge in [0.25, 0.3) is 0 Å². The van der Waals surface area contributed by atoms with E-state index >= 15 is 0 Å². The minimum atomic E-state index is -0.347. The molecular weight excluding hydrogens is 358 g/mol. The van der Waals surface area contributed by atoms with Crippen LogP contribution in [0.1, 0.15) is 66.4 Å². The fourth-order valence-electron chi connectivity index (χ4n) is 4.41. The van der Waals surface area contributed by atoms with Crippen LogP contribution in [0.15, 0.2) is 30.3 Å². The summed E-state index contributed by atoms with van der Waals surface area (Å²) in [5.41, 5.74) is 1.43. The Bertz CT molecular complexity index is 534. The fraction of sp³-hybridized carbons (Fsp3) is 0.760. The highest BCUT2D eigenvalue weighted by Gasteiger charge is 2.30. The maximum Gasteiger partial charge on any atom is 0.0665 e. The largest absolute Gasteiger partial charge is 0.392 e. The fourth-order valence-corrected chi connectivity index (χ4v) is 4.41. The molecule has 1 aromatic rings. The number of aryl methyl sites for hydroxylation is 1. The molecule has 0 radical (unpaired) electrons. The smallest absolute Gasteiger partial charge is 0.0665 e. The van der Waals surface area contributed by atoms with Crippen molar-refractivity contribution in [1.29, 1.82) is 0 Å². The molecule has 0 aromatic heterocycles. The Balaban J connectivity index is 2.76. The molecule has 0 saturated heterocycles. The molecule has 0 amide bonds. The summed E-state index contributed by atoms with van der Waals surface area (Å²) in [6.45, 7) is 14.3. The van der Waals surface area contributed by atoms with Gasteiger partial charge in [0.2, 0.25) is 0 Å². The molecule has 0 aliphatic heterocycles. The Kier molecular flexibility index (Phi) is 12.0. The van der Waals surface area contributed by atoms with Gasteiger partial charge in [0, 0.05) is 18.1 Å². The molecule has 0 heterocycles. The molecule has 29 heavy (non-hydrogen) atoms. The quantitative estimate of drug-likeness (QED) is 0.451. The summed E-state index contributed by atoms with van der Waals surface area (Å²) in [7, 11) is 4.29. The molecule has 1 rings (SSSR count). The van der Waals surface area contributed by atoms with Crippen LogP contribution in [-0.2, 0) is 6.42 Å². The standard InChI is InChI=1S/C25H47N3O/c1-19(2)17-25(27(8)16-12-15-24-13-10-9-11-14-24)18-20(3)28(23(6)26-7)21(4)22(5)29/h9-11,13-14,19-23,25-26,29H,12,15-18H2,1-8H3. The first kappa shape index (κ1) is 26.1. The van der Waals surface area contributed by atoms with E-state index in [-0.39, 0.29) is 18.3 Å². The van der Waals surface area contributed by atoms with Gasteiger partial charge >= 0.3 is 0 Å². The van der Waals surface area contributed by atoms with Crippen LogP contribution in [0.4, 0.5) is 0 Å². The maximum absolute atomic E-state index is 10.2. The van der Waals surface area contributed by atoms with Gasteiger partial charge in [0.05, 0.1) is 12.3 Å². The molecule has 2 N–H and O–H groups in total. The van der Waals surface area contributed by atoms with E-state index in [1.54, 1.807) is 0 Å². The van der Waals surface area contributed by atoms with Crippen LogP contribution in [-0.4, -0.2) is 65.9 Å². The minimum Gasteiger partial charge on any atom is -0.392 e. The summed E-state index contributed by atoms with van der Waals surface area (Å²) in [5, 5.41) is 13.6. The predicted octanol–water partition coefficient (Wildman–Crippen LogP) is 4.38. The first-order valence-electron chi connectivity index (χ1n) is 11.5. The van der Waals surface area contributed by atoms with Gasteiger partial charge in [-0.25, -0.2) is 0 Å². The second-order valence-electron chi connectivity index (χ2n) is 9.33. The normalized spacial score (nSPS) is 17.5. The van der Waals surface area contributed by atoms with Crippen molar-refractivity contribution in [3.63, 3.8) is 0 Å². The highest BCUT2D eigenvalue weighted by Crippen LogP contribution is 2.22. The number of hydrogen-bond donors (Lipinski definition) is 2. The number of nitrogens with one attached hydrogen (secondary N) is 1. The van der Waals surface area contributed by atoms with E-state index in [1.165, 1.54) is 18.4 Å². The molecule has 0 fully saturated rings. The molecule has 0 saturated carbocycles. The van der Waals surface area contributed by atoms with Crippen LogP contribution in [0.2, 0.25) is 0 Å². The third-order valence-corrected chi connectivity index (χ3v) is 6.34. The summed E-state index contributed by atoms with van der Waals surface area (Å²) in [5.74, 6) is 0.674. The predicted molar refractivity (Wildman–Crippen MR) is 126 cm³/mol. The van der Waals surface area contributed by atoms with Crippen LogP contribution in [0.3, 0.4) is 0 Å². The number of nitrogens with zero attached hydrogens (tertiary/aromatic N) is 2. The third kappa shape index (κ3) is 9.17. The summed E-state index contributed by atoms with van der Waals surface area (Å²) >= 11 is 0. The van der Waals surface area contributed by atoms with Gasteiger partial charge in [-0.3, -0.25) is 4.90 Å². The summed E-state index contributed by atoms with van der Waals surface area (Å²) < 4.78 is 0. The zero-order chi connectivity index (χ0) is 22.0. The molecule has 0 bridgehead atoms. The monoisotopic (exact) mass is 405 g/mol. The highest BCUT2D eigenvalue weighted by molar-refractivity contribution is 5.14. The van der Waals surface area contributed by atoms with Crippen LogP contribution in [0.5, 0.6) is 0 Å². The Hall–Kier alpha value is -0.940. The van der Waals surface area contributed by atoms with Crippen LogP contribution < -0.4 is 5.32 Å². The lowest BCUT2D eigenvalue weighted by Gasteiger charge is -2.43. The van der Waals surface area contributed by atoms with Gasteiger partial charge in [0.1, 0.15) is 0 Å². The zero-order valence-corrected chi connectivity index (χ0v) is 20.2. The van der Waals surface area contributed by atoms with E-state index in [4.69, 9.17) is 0 Å². The lowest BCUT2D eigenvalue weighted by molar-refractivity contribution is 0.00284. The van der Waals surface area contributed by atoms with E-state index in [0.717, 1.165) is 19.4 Å². The van der Waals surface area contributed by atoms with Crippen molar-refractivity contribution in [3.05, 3.63) is 35.9 Å². The van der Waals surface area contributed by atoms with Crippen molar-refractivity contribution in [2.75, 3.05) is 20.6 Å². The minimum absolute atomic E-state index is 0.121. The van der Waals surface area contributed by atoms with Crippen molar-refractivity contribution < 1.29 is 5.11 Å². The molecular formula is C25H47N3O. The van der Waals surface area contributed by atoms with Gasteiger partial charge in [-0.1, -0.05) is 44.2 Å². The lowest BCUT2D eigenvalue weighted by Crippen LogP contribution is -2.55. The average molecular weight is 406 g/mol. The average Bonchev–Trinajstić information content (AvgIpc) is 2.67. The highest BCUT2D eigenvalue weighted by atomic mass is 16.3. The molecule has 4 nitrogen and oxygen atoms in total. The molecule has 0 spiro atoms. The second-order valence-corrected chi connectivity index (χ2v) is 9.33. The van der Waals surface area contributed by atoms with Crippen LogP contribution in [0, 0.1) is 5.92 Å². The Morgan fingerprint density at radius 2 is 1.59 bits per heavy atom. The second kappa shape index (κ2) is 13.4. The molecule has 0 aliphatic carbocycles. The first-order valence-corrected chi connectivity index (χ1v) is 11.5. The van der Waals surface area contributed by atoms with E-state index in [9.17, 15) is 5.11 Å². The van der Waals surface area contributed by atoms with Gasteiger partial charge < -0.3 is 15.3 Å². The summed E-state index contributed by atoms with van der Waals surface area (Å²) in [4.78, 5) is 5.00. The summed E-state index contributed by atoms with van der Waals surface area (Å²) in [6.07, 6.45) is 4.53. The number of benzene rings is 1. The van der Waals surface area contributed by atoms with Crippen molar-refractivity contribution in [3.8, 4) is 0 Å². The summed E-state index contributed by atoms with van der Waals surface area (Å²) in [6, 6.07) is 11.9. The van der Waals surface area contributed by atoms with E-state index in [1.807, 2.05) is 14.0 Å². The van der Waals surface area contributed by atoms with Crippen LogP contribution in [0.25, 0.3) is 0 Å². The SMILES string of the molecule is CNC(C)N(C(C)CC(CC(C)C)N(C)CCCc1ccccc1)C(C)C(C)O. The number of hydrogen-bond acceptors (Lipinski definition) is 4. The number of aliphatic hydroxyl groups is 1. The Morgan fingerprint density at radius 1 is 0.966 bits per heavy atom. The van der Waals surface area contributed by atoms with Gasteiger partial charge in [0.15, 0.2) is 0 Å². The number of rotatable bonds is 14. The number of aliphatic hydroxyl groups excluding tert-OH is 1. The molecule has 5 atom stereocenters. The molecule has 0 aliphatic rings. The Labute approximate surface area is 180 Å². The molecule has 4 heteroatoms. The van der Waals surface area contributed by atoms with Gasteiger partial charge in [-0.05, 0) is 85.5 Å². The van der Waals surface area contributed by atoms with E-state index in [2.05, 4.69) is 87.1 Å². The Morgan fingerprint density at radius 3 is 2.10 bits per heavy atom. The van der Waals surface area contributed by atoms with E-state index in [0.29, 0.717) is 18.0 Å². The third-order valence-electron chi connectivity index (χ3n) is 6.34. The van der Waals surface area contributed by atoms with Gasteiger partial charge in [-0.2, -0.15) is 0 Å². The first-order chi connectivity index (χ1) is 13.7. The van der Waals surface area contributed by atoms with Crippen molar-refractivity contribution in [1.82, 2.24) is 15.1 Å². The zero-order valence-electron chi connectivity index (χ0n) is 20.2. The van der Waals surface area contributed by atoms with Crippen molar-refractivity contribution in [2.24, 2.45) is 5.92 Å². The van der Waals surface area contributed by atoms with Crippen LogP contribution >= 0.6 is 0 Å². The molecule has 5 unspecified atom stereocenters. The molecule has 168 valence electrons. The van der Waals surface area contributed by atoms with E-state index < -0.39 is 0 Å². The van der Waals surface area contributed by atoms with Crippen molar-refractivity contribution >= 4 is 0 Å².